The minimum atomic E-state index is -3.11. The number of aliphatic hydroxyl groups excluding tert-OH is 1. The Morgan fingerprint density at radius 1 is 1.36 bits per heavy atom. The molecule has 0 saturated carbocycles. The van der Waals surface area contributed by atoms with Gasteiger partial charge in [0.1, 0.15) is 0 Å². The first kappa shape index (κ1) is 13.9. The third-order valence-corrected chi connectivity index (χ3v) is 3.51. The summed E-state index contributed by atoms with van der Waals surface area (Å²) in [6.45, 7) is 4.16. The quantitative estimate of drug-likeness (QED) is 0.641. The first-order chi connectivity index (χ1) is 6.52. The van der Waals surface area contributed by atoms with E-state index in [1.165, 1.54) is 0 Å². The Morgan fingerprint density at radius 3 is 2.50 bits per heavy atom. The zero-order valence-corrected chi connectivity index (χ0v) is 9.81. The van der Waals surface area contributed by atoms with Gasteiger partial charge in [-0.1, -0.05) is 20.3 Å². The number of hydrogen-bond donors (Lipinski definition) is 2. The van der Waals surface area contributed by atoms with Gasteiger partial charge in [-0.25, -0.2) is 13.1 Å². The molecule has 0 amide bonds. The maximum absolute atomic E-state index is 11.3. The largest absolute Gasteiger partial charge is 0.393 e. The van der Waals surface area contributed by atoms with Crippen LogP contribution in [0.3, 0.4) is 0 Å². The van der Waals surface area contributed by atoms with Gasteiger partial charge in [0.25, 0.3) is 0 Å². The van der Waals surface area contributed by atoms with Crippen LogP contribution in [0.2, 0.25) is 0 Å². The molecule has 0 saturated heterocycles. The van der Waals surface area contributed by atoms with Crippen molar-refractivity contribution in [3.8, 4) is 0 Å². The first-order valence-electron chi connectivity index (χ1n) is 5.17. The third-order valence-electron chi connectivity index (χ3n) is 2.04. The maximum Gasteiger partial charge on any atom is 0.211 e. The summed E-state index contributed by atoms with van der Waals surface area (Å²) in [7, 11) is -3.11. The molecule has 0 aliphatic heterocycles. The van der Waals surface area contributed by atoms with E-state index in [-0.39, 0.29) is 5.75 Å². The van der Waals surface area contributed by atoms with Gasteiger partial charge in [-0.2, -0.15) is 0 Å². The van der Waals surface area contributed by atoms with Gasteiger partial charge >= 0.3 is 0 Å². The number of unbranched alkanes of at least 4 members (excludes halogenated alkanes) is 1. The van der Waals surface area contributed by atoms with Gasteiger partial charge in [0.15, 0.2) is 0 Å². The molecule has 0 aliphatic rings. The highest BCUT2D eigenvalue weighted by Crippen LogP contribution is 1.97. The normalized spacial score (nSPS) is 14.2. The van der Waals surface area contributed by atoms with E-state index in [0.29, 0.717) is 25.8 Å². The summed E-state index contributed by atoms with van der Waals surface area (Å²) in [4.78, 5) is 0. The average Bonchev–Trinajstić information content (AvgIpc) is 2.14. The van der Waals surface area contributed by atoms with Crippen LogP contribution in [0.4, 0.5) is 0 Å². The molecule has 2 N–H and O–H groups in total. The molecule has 1 unspecified atom stereocenters. The fraction of sp³-hybridized carbons (Fsp3) is 1.00. The number of aliphatic hydroxyl groups is 1. The summed E-state index contributed by atoms with van der Waals surface area (Å²) >= 11 is 0. The van der Waals surface area contributed by atoms with Crippen LogP contribution in [-0.4, -0.2) is 31.9 Å². The standard InChI is InChI=1S/C9H21NO3S/c1-3-5-8-14(12,13)10-7-6-9(11)4-2/h9-11H,3-8H2,1-2H3. The van der Waals surface area contributed by atoms with Gasteiger partial charge in [0.05, 0.1) is 11.9 Å². The van der Waals surface area contributed by atoms with E-state index in [1.54, 1.807) is 0 Å². The van der Waals surface area contributed by atoms with Crippen LogP contribution < -0.4 is 4.72 Å². The van der Waals surface area contributed by atoms with Crippen LogP contribution in [0.15, 0.2) is 0 Å². The molecule has 4 nitrogen and oxygen atoms in total. The second-order valence-corrected chi connectivity index (χ2v) is 5.34. The van der Waals surface area contributed by atoms with Crippen molar-refractivity contribution in [2.75, 3.05) is 12.3 Å². The van der Waals surface area contributed by atoms with Crippen molar-refractivity contribution in [3.63, 3.8) is 0 Å². The Morgan fingerprint density at radius 2 is 2.00 bits per heavy atom. The second-order valence-electron chi connectivity index (χ2n) is 3.42. The summed E-state index contributed by atoms with van der Waals surface area (Å²) in [6, 6.07) is 0. The van der Waals surface area contributed by atoms with E-state index in [9.17, 15) is 13.5 Å². The van der Waals surface area contributed by atoms with Crippen LogP contribution >= 0.6 is 0 Å². The van der Waals surface area contributed by atoms with Gasteiger partial charge in [-0.3, -0.25) is 0 Å². The lowest BCUT2D eigenvalue weighted by Gasteiger charge is -2.08. The minimum absolute atomic E-state index is 0.186. The smallest absolute Gasteiger partial charge is 0.211 e. The summed E-state index contributed by atoms with van der Waals surface area (Å²) in [5.41, 5.74) is 0. The molecule has 14 heavy (non-hydrogen) atoms. The van der Waals surface area contributed by atoms with E-state index in [4.69, 9.17) is 0 Å². The molecular formula is C9H21NO3S. The maximum atomic E-state index is 11.3. The highest BCUT2D eigenvalue weighted by atomic mass is 32.2. The van der Waals surface area contributed by atoms with E-state index < -0.39 is 16.1 Å². The SMILES string of the molecule is CCCCS(=O)(=O)NCCC(O)CC. The molecule has 0 aromatic rings. The molecule has 0 spiro atoms. The van der Waals surface area contributed by atoms with Crippen molar-refractivity contribution >= 4 is 10.0 Å². The highest BCUT2D eigenvalue weighted by Gasteiger charge is 2.09. The molecule has 0 fully saturated rings. The molecule has 0 aliphatic carbocycles. The van der Waals surface area contributed by atoms with Gasteiger partial charge in [0, 0.05) is 6.54 Å². The Hall–Kier alpha value is -0.130. The number of sulfonamides is 1. The Labute approximate surface area is 86.8 Å². The Balaban J connectivity index is 3.66. The van der Waals surface area contributed by atoms with Gasteiger partial charge in [-0.15, -0.1) is 0 Å². The lowest BCUT2D eigenvalue weighted by molar-refractivity contribution is 0.162. The summed E-state index contributed by atoms with van der Waals surface area (Å²) < 4.78 is 25.0. The van der Waals surface area contributed by atoms with Crippen molar-refractivity contribution in [2.45, 2.75) is 45.6 Å². The van der Waals surface area contributed by atoms with Crippen molar-refractivity contribution in [1.29, 1.82) is 0 Å². The minimum Gasteiger partial charge on any atom is -0.393 e. The topological polar surface area (TPSA) is 66.4 Å². The monoisotopic (exact) mass is 223 g/mol. The summed E-state index contributed by atoms with van der Waals surface area (Å²) in [5, 5.41) is 9.20. The van der Waals surface area contributed by atoms with Crippen LogP contribution in [0.5, 0.6) is 0 Å². The van der Waals surface area contributed by atoms with Gasteiger partial charge in [-0.05, 0) is 19.3 Å². The molecule has 1 atom stereocenters. The van der Waals surface area contributed by atoms with Gasteiger partial charge < -0.3 is 5.11 Å². The van der Waals surface area contributed by atoms with Crippen LogP contribution in [0, 0.1) is 0 Å². The molecule has 0 bridgehead atoms. The molecular weight excluding hydrogens is 202 g/mol. The van der Waals surface area contributed by atoms with Gasteiger partial charge in [0.2, 0.25) is 10.0 Å². The number of nitrogens with one attached hydrogen (secondary N) is 1. The van der Waals surface area contributed by atoms with Crippen molar-refractivity contribution in [2.24, 2.45) is 0 Å². The lowest BCUT2D eigenvalue weighted by Crippen LogP contribution is -2.29. The third kappa shape index (κ3) is 7.29. The first-order valence-corrected chi connectivity index (χ1v) is 6.82. The second kappa shape index (κ2) is 7.20. The Kier molecular flexibility index (Phi) is 7.13. The fourth-order valence-corrected chi connectivity index (χ4v) is 2.23. The molecule has 0 rings (SSSR count). The molecule has 0 heterocycles. The average molecular weight is 223 g/mol. The fourth-order valence-electron chi connectivity index (χ4n) is 0.992. The molecule has 0 aromatic heterocycles. The predicted octanol–water partition coefficient (Wildman–Crippen LogP) is 0.867. The highest BCUT2D eigenvalue weighted by molar-refractivity contribution is 7.89. The predicted molar refractivity (Wildman–Crippen MR) is 57.6 cm³/mol. The van der Waals surface area contributed by atoms with E-state index in [2.05, 4.69) is 4.72 Å². The van der Waals surface area contributed by atoms with Crippen molar-refractivity contribution < 1.29 is 13.5 Å². The molecule has 5 heteroatoms. The number of hydrogen-bond acceptors (Lipinski definition) is 3. The van der Waals surface area contributed by atoms with Crippen molar-refractivity contribution in [1.82, 2.24) is 4.72 Å². The lowest BCUT2D eigenvalue weighted by atomic mass is 10.2. The number of rotatable bonds is 8. The zero-order valence-electron chi connectivity index (χ0n) is 8.99. The molecule has 86 valence electrons. The van der Waals surface area contributed by atoms with E-state index >= 15 is 0 Å². The van der Waals surface area contributed by atoms with E-state index in [1.807, 2.05) is 13.8 Å². The summed E-state index contributed by atoms with van der Waals surface area (Å²) in [5.74, 6) is 0.186. The molecule has 0 aromatic carbocycles. The van der Waals surface area contributed by atoms with Crippen LogP contribution in [0.25, 0.3) is 0 Å². The Bertz CT molecular complexity index is 226. The zero-order chi connectivity index (χ0) is 11.0. The van der Waals surface area contributed by atoms with E-state index in [0.717, 1.165) is 6.42 Å². The van der Waals surface area contributed by atoms with Crippen LogP contribution in [-0.2, 0) is 10.0 Å². The van der Waals surface area contributed by atoms with Crippen LogP contribution in [0.1, 0.15) is 39.5 Å². The molecule has 0 radical (unpaired) electrons. The summed E-state index contributed by atoms with van der Waals surface area (Å²) in [6.07, 6.45) is 2.31. The van der Waals surface area contributed by atoms with Crippen molar-refractivity contribution in [3.05, 3.63) is 0 Å².